The molecule has 1 N–H and O–H groups in total. The van der Waals surface area contributed by atoms with Gasteiger partial charge in [0.15, 0.2) is 0 Å². The van der Waals surface area contributed by atoms with Crippen molar-refractivity contribution in [3.8, 4) is 0 Å². The molecule has 3 heterocycles. The van der Waals surface area contributed by atoms with E-state index < -0.39 is 0 Å². The molecule has 4 rings (SSSR count). The first-order chi connectivity index (χ1) is 16.0. The number of nitrogens with zero attached hydrogens (tertiary/aromatic N) is 3. The summed E-state index contributed by atoms with van der Waals surface area (Å²) in [5.41, 5.74) is 2.29. The van der Waals surface area contributed by atoms with Crippen LogP contribution in [0, 0.1) is 18.8 Å². The molecule has 2 atom stereocenters. The van der Waals surface area contributed by atoms with E-state index in [1.165, 1.54) is 31.5 Å². The Morgan fingerprint density at radius 2 is 1.76 bits per heavy atom. The summed E-state index contributed by atoms with van der Waals surface area (Å²) in [6.07, 6.45) is 5.64. The molecule has 2 unspecified atom stereocenters. The van der Waals surface area contributed by atoms with Crippen LogP contribution in [0.5, 0.6) is 0 Å². The third-order valence-electron chi connectivity index (χ3n) is 7.73. The van der Waals surface area contributed by atoms with Gasteiger partial charge in [-0.3, -0.25) is 4.79 Å². The molecule has 2 fully saturated rings. The second kappa shape index (κ2) is 11.5. The molecule has 0 aromatic heterocycles. The zero-order chi connectivity index (χ0) is 23.2. The van der Waals surface area contributed by atoms with Gasteiger partial charge in [-0.25, -0.2) is 4.99 Å². The zero-order valence-corrected chi connectivity index (χ0v) is 20.8. The van der Waals surface area contributed by atoms with Crippen molar-refractivity contribution < 1.29 is 9.53 Å². The standard InChI is InChI=1S/C27H42N4O2/c1-20-9-15-30(16-10-20)14-6-13-28-26(32)23-11-17-31(18-12-23)19-25-22(3)33-27(29-25)24-8-5-4-7-21(24)2/h4-5,7-8,20,22-23,25H,6,9-19H2,1-3H3,(H,28,32). The lowest BCUT2D eigenvalue weighted by atomic mass is 9.95. The summed E-state index contributed by atoms with van der Waals surface area (Å²) >= 11 is 0. The number of piperidine rings is 2. The zero-order valence-electron chi connectivity index (χ0n) is 20.8. The number of amides is 1. The average Bonchev–Trinajstić information content (AvgIpc) is 3.18. The van der Waals surface area contributed by atoms with Crippen molar-refractivity contribution in [1.29, 1.82) is 0 Å². The van der Waals surface area contributed by atoms with Gasteiger partial charge in [-0.05, 0) is 96.2 Å². The van der Waals surface area contributed by atoms with E-state index in [1.807, 2.05) is 12.1 Å². The molecular formula is C27H42N4O2. The molecule has 0 saturated carbocycles. The average molecular weight is 455 g/mol. The minimum atomic E-state index is 0.0868. The minimum Gasteiger partial charge on any atom is -0.472 e. The summed E-state index contributed by atoms with van der Waals surface area (Å²) in [5.74, 6) is 2.05. The molecule has 1 amide bonds. The van der Waals surface area contributed by atoms with Crippen LogP contribution in [0.2, 0.25) is 0 Å². The Hall–Kier alpha value is -1.92. The molecule has 0 spiro atoms. The van der Waals surface area contributed by atoms with Gasteiger partial charge in [0, 0.05) is 24.6 Å². The third kappa shape index (κ3) is 6.57. The molecule has 6 heteroatoms. The van der Waals surface area contributed by atoms with Crippen LogP contribution >= 0.6 is 0 Å². The van der Waals surface area contributed by atoms with Gasteiger partial charge in [0.25, 0.3) is 0 Å². The maximum Gasteiger partial charge on any atom is 0.223 e. The van der Waals surface area contributed by atoms with Gasteiger partial charge >= 0.3 is 0 Å². The fourth-order valence-corrected chi connectivity index (χ4v) is 5.26. The number of benzene rings is 1. The maximum atomic E-state index is 12.6. The van der Waals surface area contributed by atoms with E-state index in [0.29, 0.717) is 0 Å². The van der Waals surface area contributed by atoms with Crippen LogP contribution in [-0.2, 0) is 9.53 Å². The van der Waals surface area contributed by atoms with Crippen molar-refractivity contribution in [1.82, 2.24) is 15.1 Å². The minimum absolute atomic E-state index is 0.0868. The molecule has 182 valence electrons. The number of rotatable bonds is 8. The lowest BCUT2D eigenvalue weighted by Gasteiger charge is -2.33. The Kier molecular flexibility index (Phi) is 8.42. The van der Waals surface area contributed by atoms with E-state index in [9.17, 15) is 4.79 Å². The SMILES string of the molecule is Cc1ccccc1C1=NC(CN2CCC(C(=O)NCCCN3CCC(C)CC3)CC2)C(C)O1. The van der Waals surface area contributed by atoms with Crippen molar-refractivity contribution in [3.05, 3.63) is 35.4 Å². The first-order valence-corrected chi connectivity index (χ1v) is 13.0. The molecule has 0 radical (unpaired) electrons. The van der Waals surface area contributed by atoms with Crippen LogP contribution in [0.15, 0.2) is 29.3 Å². The lowest BCUT2D eigenvalue weighted by Crippen LogP contribution is -2.44. The number of carbonyl (C=O) groups excluding carboxylic acids is 1. The van der Waals surface area contributed by atoms with Crippen LogP contribution in [0.4, 0.5) is 0 Å². The van der Waals surface area contributed by atoms with Crippen LogP contribution in [0.1, 0.15) is 57.1 Å². The van der Waals surface area contributed by atoms with Gasteiger partial charge in [0.2, 0.25) is 11.8 Å². The fourth-order valence-electron chi connectivity index (χ4n) is 5.26. The third-order valence-corrected chi connectivity index (χ3v) is 7.73. The van der Waals surface area contributed by atoms with Crippen LogP contribution in [0.3, 0.4) is 0 Å². The van der Waals surface area contributed by atoms with E-state index in [2.05, 4.69) is 48.0 Å². The van der Waals surface area contributed by atoms with Crippen molar-refractivity contribution in [3.63, 3.8) is 0 Å². The largest absolute Gasteiger partial charge is 0.472 e. The molecule has 6 nitrogen and oxygen atoms in total. The number of likely N-dealkylation sites (tertiary alicyclic amines) is 2. The predicted molar refractivity (Wildman–Crippen MR) is 134 cm³/mol. The summed E-state index contributed by atoms with van der Waals surface area (Å²) in [6, 6.07) is 8.42. The molecule has 1 aromatic rings. The number of ether oxygens (including phenoxy) is 1. The second-order valence-corrected chi connectivity index (χ2v) is 10.4. The highest BCUT2D eigenvalue weighted by molar-refractivity contribution is 5.96. The van der Waals surface area contributed by atoms with E-state index in [0.717, 1.165) is 69.4 Å². The van der Waals surface area contributed by atoms with Gasteiger partial charge in [-0.2, -0.15) is 0 Å². The molecule has 0 bridgehead atoms. The Morgan fingerprint density at radius 3 is 2.48 bits per heavy atom. The smallest absolute Gasteiger partial charge is 0.223 e. The number of nitrogens with one attached hydrogen (secondary N) is 1. The predicted octanol–water partition coefficient (Wildman–Crippen LogP) is 3.48. The van der Waals surface area contributed by atoms with Gasteiger partial charge in [-0.15, -0.1) is 0 Å². The first kappa shape index (κ1) is 24.2. The fraction of sp³-hybridized carbons (Fsp3) is 0.704. The quantitative estimate of drug-likeness (QED) is 0.611. The molecule has 3 aliphatic heterocycles. The molecule has 2 saturated heterocycles. The van der Waals surface area contributed by atoms with Crippen LogP contribution in [0.25, 0.3) is 0 Å². The van der Waals surface area contributed by atoms with E-state index in [1.54, 1.807) is 0 Å². The maximum absolute atomic E-state index is 12.6. The van der Waals surface area contributed by atoms with Crippen LogP contribution < -0.4 is 5.32 Å². The van der Waals surface area contributed by atoms with Gasteiger partial charge in [-0.1, -0.05) is 25.1 Å². The van der Waals surface area contributed by atoms with Gasteiger partial charge in [0.05, 0.1) is 0 Å². The van der Waals surface area contributed by atoms with Crippen molar-refractivity contribution >= 4 is 11.8 Å². The van der Waals surface area contributed by atoms with Crippen molar-refractivity contribution in [2.45, 2.75) is 65.0 Å². The van der Waals surface area contributed by atoms with E-state index in [-0.39, 0.29) is 24.0 Å². The highest BCUT2D eigenvalue weighted by Crippen LogP contribution is 2.24. The molecule has 3 aliphatic rings. The summed E-state index contributed by atoms with van der Waals surface area (Å²) in [5, 5.41) is 3.20. The van der Waals surface area contributed by atoms with Crippen LogP contribution in [-0.4, -0.2) is 79.6 Å². The number of aliphatic imine (C=N–C) groups is 1. The molecule has 33 heavy (non-hydrogen) atoms. The number of aryl methyl sites for hydroxylation is 1. The summed E-state index contributed by atoms with van der Waals surface area (Å²) in [7, 11) is 0. The highest BCUT2D eigenvalue weighted by atomic mass is 16.5. The van der Waals surface area contributed by atoms with Gasteiger partial charge < -0.3 is 19.9 Å². The normalized spacial score (nSPS) is 25.6. The highest BCUT2D eigenvalue weighted by Gasteiger charge is 2.32. The molecular weight excluding hydrogens is 412 g/mol. The van der Waals surface area contributed by atoms with E-state index in [4.69, 9.17) is 9.73 Å². The Morgan fingerprint density at radius 1 is 1.06 bits per heavy atom. The summed E-state index contributed by atoms with van der Waals surface area (Å²) in [4.78, 5) is 22.6. The lowest BCUT2D eigenvalue weighted by molar-refractivity contribution is -0.126. The van der Waals surface area contributed by atoms with Gasteiger partial charge in [0.1, 0.15) is 12.1 Å². The topological polar surface area (TPSA) is 57.2 Å². The second-order valence-electron chi connectivity index (χ2n) is 10.4. The Balaban J connectivity index is 1.15. The number of hydrogen-bond acceptors (Lipinski definition) is 5. The molecule has 1 aromatic carbocycles. The van der Waals surface area contributed by atoms with E-state index >= 15 is 0 Å². The van der Waals surface area contributed by atoms with Crippen molar-refractivity contribution in [2.75, 3.05) is 45.8 Å². The molecule has 0 aliphatic carbocycles. The monoisotopic (exact) mass is 454 g/mol. The first-order valence-electron chi connectivity index (χ1n) is 13.0. The number of hydrogen-bond donors (Lipinski definition) is 1. The summed E-state index contributed by atoms with van der Waals surface area (Å²) < 4.78 is 6.10. The summed E-state index contributed by atoms with van der Waals surface area (Å²) in [6.45, 7) is 13.7. The Labute approximate surface area is 199 Å². The number of carbonyl (C=O) groups is 1. The van der Waals surface area contributed by atoms with Crippen molar-refractivity contribution in [2.24, 2.45) is 16.8 Å². The Bertz CT molecular complexity index is 810.